The molecule has 2 heterocycles. The highest BCUT2D eigenvalue weighted by molar-refractivity contribution is 6.03. The number of hydrogen-bond acceptors (Lipinski definition) is 3. The molecule has 0 unspecified atom stereocenters. The molecule has 0 saturated heterocycles. The molecule has 98 valence electrons. The molecule has 0 radical (unpaired) electrons. The number of nitrogen functional groups attached to an aromatic ring is 1. The van der Waals surface area contributed by atoms with Gasteiger partial charge in [0.15, 0.2) is 0 Å². The standard InChI is InChI=1S/C14H16N4O/c1-9-3-2-6-16-13(9)17-14(19)12-7-10(15)8-18(12)11-4-5-11/h2-3,6-8,11H,4-5,15H2,1H3,(H,16,17,19). The minimum atomic E-state index is -0.162. The Labute approximate surface area is 111 Å². The zero-order valence-electron chi connectivity index (χ0n) is 10.8. The summed E-state index contributed by atoms with van der Waals surface area (Å²) < 4.78 is 1.96. The average molecular weight is 256 g/mol. The van der Waals surface area contributed by atoms with Gasteiger partial charge in [0.2, 0.25) is 0 Å². The van der Waals surface area contributed by atoms with Gasteiger partial charge in [0.1, 0.15) is 11.5 Å². The predicted octanol–water partition coefficient (Wildman–Crippen LogP) is 2.36. The molecule has 1 saturated carbocycles. The van der Waals surface area contributed by atoms with Crippen LogP contribution in [0.1, 0.15) is 34.9 Å². The topological polar surface area (TPSA) is 72.9 Å². The highest BCUT2D eigenvalue weighted by Gasteiger charge is 2.27. The van der Waals surface area contributed by atoms with Gasteiger partial charge < -0.3 is 15.6 Å². The number of aromatic nitrogens is 2. The second-order valence-corrected chi connectivity index (χ2v) is 4.92. The largest absolute Gasteiger partial charge is 0.397 e. The maximum atomic E-state index is 12.3. The lowest BCUT2D eigenvalue weighted by Gasteiger charge is -2.09. The fourth-order valence-corrected chi connectivity index (χ4v) is 2.13. The lowest BCUT2D eigenvalue weighted by Crippen LogP contribution is -2.17. The molecule has 0 atom stereocenters. The van der Waals surface area contributed by atoms with Crippen LogP contribution in [0.25, 0.3) is 0 Å². The number of nitrogens with two attached hydrogens (primary N) is 1. The third-order valence-electron chi connectivity index (χ3n) is 3.28. The summed E-state index contributed by atoms with van der Waals surface area (Å²) in [5.41, 5.74) is 7.95. The molecule has 1 aliphatic carbocycles. The summed E-state index contributed by atoms with van der Waals surface area (Å²) in [6, 6.07) is 5.89. The summed E-state index contributed by atoms with van der Waals surface area (Å²) in [5.74, 6) is 0.431. The lowest BCUT2D eigenvalue weighted by atomic mass is 10.3. The van der Waals surface area contributed by atoms with Gasteiger partial charge in [-0.25, -0.2) is 4.98 Å². The molecule has 0 bridgehead atoms. The molecule has 5 heteroatoms. The van der Waals surface area contributed by atoms with Gasteiger partial charge in [0.25, 0.3) is 5.91 Å². The van der Waals surface area contributed by atoms with E-state index in [1.165, 1.54) is 0 Å². The number of carbonyl (C=O) groups is 1. The van der Waals surface area contributed by atoms with Crippen LogP contribution >= 0.6 is 0 Å². The molecule has 2 aromatic heterocycles. The third-order valence-corrected chi connectivity index (χ3v) is 3.28. The lowest BCUT2D eigenvalue weighted by molar-refractivity contribution is 0.101. The fourth-order valence-electron chi connectivity index (χ4n) is 2.13. The molecule has 3 N–H and O–H groups in total. The van der Waals surface area contributed by atoms with Crippen molar-refractivity contribution in [3.05, 3.63) is 41.9 Å². The fraction of sp³-hybridized carbons (Fsp3) is 0.286. The first-order valence-corrected chi connectivity index (χ1v) is 6.35. The van der Waals surface area contributed by atoms with E-state index in [0.717, 1.165) is 18.4 Å². The van der Waals surface area contributed by atoms with E-state index in [0.29, 0.717) is 23.2 Å². The number of nitrogens with zero attached hydrogens (tertiary/aromatic N) is 2. The van der Waals surface area contributed by atoms with E-state index in [1.807, 2.05) is 29.8 Å². The Morgan fingerprint density at radius 3 is 3.00 bits per heavy atom. The monoisotopic (exact) mass is 256 g/mol. The molecule has 0 aliphatic heterocycles. The first-order valence-electron chi connectivity index (χ1n) is 6.35. The highest BCUT2D eigenvalue weighted by atomic mass is 16.2. The first-order chi connectivity index (χ1) is 9.15. The van der Waals surface area contributed by atoms with E-state index < -0.39 is 0 Å². The van der Waals surface area contributed by atoms with Crippen molar-refractivity contribution in [1.29, 1.82) is 0 Å². The van der Waals surface area contributed by atoms with Gasteiger partial charge in [-0.1, -0.05) is 6.07 Å². The van der Waals surface area contributed by atoms with Crippen molar-refractivity contribution in [2.75, 3.05) is 11.1 Å². The Hall–Kier alpha value is -2.30. The van der Waals surface area contributed by atoms with Crippen molar-refractivity contribution in [1.82, 2.24) is 9.55 Å². The zero-order chi connectivity index (χ0) is 13.4. The van der Waals surface area contributed by atoms with Crippen molar-refractivity contribution in [2.45, 2.75) is 25.8 Å². The first kappa shape index (κ1) is 11.8. The van der Waals surface area contributed by atoms with Crippen molar-refractivity contribution in [3.8, 4) is 0 Å². The van der Waals surface area contributed by atoms with E-state index in [4.69, 9.17) is 5.73 Å². The van der Waals surface area contributed by atoms with Crippen LogP contribution in [0, 0.1) is 6.92 Å². The van der Waals surface area contributed by atoms with Crippen LogP contribution in [0.15, 0.2) is 30.6 Å². The summed E-state index contributed by atoms with van der Waals surface area (Å²) in [6.07, 6.45) is 5.71. The van der Waals surface area contributed by atoms with E-state index in [-0.39, 0.29) is 5.91 Å². The normalized spacial score (nSPS) is 14.4. The van der Waals surface area contributed by atoms with Crippen LogP contribution in [-0.4, -0.2) is 15.5 Å². The summed E-state index contributed by atoms with van der Waals surface area (Å²) in [4.78, 5) is 16.5. The molecule has 0 aromatic carbocycles. The second kappa shape index (κ2) is 4.42. The van der Waals surface area contributed by atoms with Crippen molar-refractivity contribution < 1.29 is 4.79 Å². The molecular formula is C14H16N4O. The van der Waals surface area contributed by atoms with E-state index in [2.05, 4.69) is 10.3 Å². The Bertz CT molecular complexity index is 628. The molecule has 1 aliphatic rings. The Morgan fingerprint density at radius 2 is 2.32 bits per heavy atom. The quantitative estimate of drug-likeness (QED) is 0.885. The van der Waals surface area contributed by atoms with Crippen LogP contribution in [0.3, 0.4) is 0 Å². The van der Waals surface area contributed by atoms with Crippen LogP contribution in [0.2, 0.25) is 0 Å². The average Bonchev–Trinajstić information content (AvgIpc) is 3.15. The highest BCUT2D eigenvalue weighted by Crippen LogP contribution is 2.37. The zero-order valence-corrected chi connectivity index (χ0v) is 10.8. The van der Waals surface area contributed by atoms with E-state index in [9.17, 15) is 4.79 Å². The number of amides is 1. The van der Waals surface area contributed by atoms with Crippen LogP contribution in [0.5, 0.6) is 0 Å². The number of carbonyl (C=O) groups excluding carboxylic acids is 1. The van der Waals surface area contributed by atoms with Crippen molar-refractivity contribution >= 4 is 17.4 Å². The molecule has 19 heavy (non-hydrogen) atoms. The Balaban J connectivity index is 1.86. The van der Waals surface area contributed by atoms with Crippen LogP contribution in [0.4, 0.5) is 11.5 Å². The SMILES string of the molecule is Cc1cccnc1NC(=O)c1cc(N)cn1C1CC1. The second-order valence-electron chi connectivity index (χ2n) is 4.92. The van der Waals surface area contributed by atoms with Gasteiger partial charge in [-0.3, -0.25) is 4.79 Å². The van der Waals surface area contributed by atoms with Crippen LogP contribution in [-0.2, 0) is 0 Å². The number of aryl methyl sites for hydroxylation is 1. The van der Waals surface area contributed by atoms with E-state index >= 15 is 0 Å². The van der Waals surface area contributed by atoms with Gasteiger partial charge >= 0.3 is 0 Å². The third kappa shape index (κ3) is 2.31. The maximum absolute atomic E-state index is 12.3. The molecule has 2 aromatic rings. The Kier molecular flexibility index (Phi) is 2.74. The van der Waals surface area contributed by atoms with Gasteiger partial charge in [0.05, 0.1) is 5.69 Å². The minimum absolute atomic E-state index is 0.162. The number of rotatable bonds is 3. The molecule has 1 amide bonds. The Morgan fingerprint density at radius 1 is 1.53 bits per heavy atom. The molecule has 5 nitrogen and oxygen atoms in total. The van der Waals surface area contributed by atoms with Gasteiger partial charge in [-0.2, -0.15) is 0 Å². The van der Waals surface area contributed by atoms with Crippen molar-refractivity contribution in [3.63, 3.8) is 0 Å². The maximum Gasteiger partial charge on any atom is 0.273 e. The summed E-state index contributed by atoms with van der Waals surface area (Å²) >= 11 is 0. The molecule has 3 rings (SSSR count). The van der Waals surface area contributed by atoms with Crippen LogP contribution < -0.4 is 11.1 Å². The van der Waals surface area contributed by atoms with Gasteiger partial charge in [0, 0.05) is 18.4 Å². The smallest absolute Gasteiger partial charge is 0.273 e. The summed E-state index contributed by atoms with van der Waals surface area (Å²) in [6.45, 7) is 1.91. The summed E-state index contributed by atoms with van der Waals surface area (Å²) in [7, 11) is 0. The number of hydrogen-bond donors (Lipinski definition) is 2. The molecule has 0 spiro atoms. The van der Waals surface area contributed by atoms with Gasteiger partial charge in [-0.05, 0) is 37.5 Å². The van der Waals surface area contributed by atoms with Gasteiger partial charge in [-0.15, -0.1) is 0 Å². The summed E-state index contributed by atoms with van der Waals surface area (Å²) in [5, 5.41) is 2.84. The van der Waals surface area contributed by atoms with Crippen molar-refractivity contribution in [2.24, 2.45) is 0 Å². The number of anilines is 2. The molecular weight excluding hydrogens is 240 g/mol. The minimum Gasteiger partial charge on any atom is -0.397 e. The number of pyridine rings is 1. The molecule has 1 fully saturated rings. The number of nitrogens with one attached hydrogen (secondary N) is 1. The van der Waals surface area contributed by atoms with E-state index in [1.54, 1.807) is 12.3 Å². The predicted molar refractivity (Wildman–Crippen MR) is 74.0 cm³/mol.